The fourth-order valence-electron chi connectivity index (χ4n) is 21.2. The van der Waals surface area contributed by atoms with E-state index in [0.717, 1.165) is 271 Å². The Morgan fingerprint density at radius 1 is 0.427 bits per heavy atom. The zero-order valence-electron chi connectivity index (χ0n) is 83.2. The van der Waals surface area contributed by atoms with Crippen molar-refractivity contribution in [2.24, 2.45) is 61.4 Å². The van der Waals surface area contributed by atoms with Gasteiger partial charge in [-0.2, -0.15) is 49.7 Å². The molecule has 4 aliphatic carbocycles. The average molecular weight is 2080 g/mol. The number of ether oxygens (including phenoxy) is 4. The molecular weight excluding hydrogens is 1940 g/mol. The van der Waals surface area contributed by atoms with Crippen molar-refractivity contribution >= 4 is 79.4 Å². The predicted molar refractivity (Wildman–Crippen MR) is 527 cm³/mol. The van der Waals surface area contributed by atoms with Crippen LogP contribution >= 0.6 is 45.3 Å². The number of carbonyl (C=O) groups is 4. The number of fused-ring (bicyclic) bond motifs is 5. The van der Waals surface area contributed by atoms with Gasteiger partial charge in [0.15, 0.2) is 25.2 Å². The third-order valence-electron chi connectivity index (χ3n) is 29.3. The van der Waals surface area contributed by atoms with E-state index in [4.69, 9.17) is 23.4 Å². The van der Waals surface area contributed by atoms with Gasteiger partial charge in [-0.15, -0.1) is 0 Å². The number of rotatable bonds is 38. The molecule has 8 aliphatic rings. The molecule has 0 N–H and O–H groups in total. The van der Waals surface area contributed by atoms with Crippen molar-refractivity contribution in [1.29, 1.82) is 0 Å². The molecule has 1 atom stereocenters. The molecule has 0 amide bonds. The van der Waals surface area contributed by atoms with Gasteiger partial charge in [0.05, 0.1) is 60.4 Å². The highest BCUT2D eigenvalue weighted by atomic mass is 32.1. The molecule has 40 heteroatoms. The quantitative estimate of drug-likeness (QED) is 0.0325. The van der Waals surface area contributed by atoms with Crippen molar-refractivity contribution in [2.45, 2.75) is 296 Å². The van der Waals surface area contributed by atoms with Gasteiger partial charge in [-0.1, -0.05) is 103 Å². The van der Waals surface area contributed by atoms with Crippen molar-refractivity contribution in [2.75, 3.05) is 98.4 Å². The van der Waals surface area contributed by atoms with Gasteiger partial charge >= 0.3 is 18.5 Å². The molecule has 0 spiro atoms. The number of aromatic nitrogens is 12. The lowest BCUT2D eigenvalue weighted by molar-refractivity contribution is -0.154. The minimum Gasteiger partial charge on any atom is -0.470 e. The van der Waals surface area contributed by atoms with Crippen molar-refractivity contribution in [3.05, 3.63) is 126 Å². The Bertz CT molecular complexity index is 5390. The van der Waals surface area contributed by atoms with Gasteiger partial charge in [0.25, 0.3) is 27.2 Å². The Balaban J connectivity index is 0.000000151. The number of halogens is 11. The summed E-state index contributed by atoms with van der Waals surface area (Å²) < 4.78 is 166. The molecule has 17 rings (SSSR count). The maximum absolute atomic E-state index is 12.8. The topological polar surface area (TPSA) is 270 Å². The molecule has 0 saturated heterocycles. The summed E-state index contributed by atoms with van der Waals surface area (Å²) in [6.45, 7) is 15.5. The van der Waals surface area contributed by atoms with Gasteiger partial charge < -0.3 is 43.0 Å². The summed E-state index contributed by atoms with van der Waals surface area (Å²) in [5.74, 6) is 9.34. The molecule has 25 nitrogen and oxygen atoms in total. The van der Waals surface area contributed by atoms with E-state index in [0.29, 0.717) is 126 Å². The molecule has 1 unspecified atom stereocenters. The predicted octanol–water partition coefficient (Wildman–Crippen LogP) is 20.7. The van der Waals surface area contributed by atoms with Crippen LogP contribution in [0.1, 0.15) is 250 Å². The number of aryl methyl sites for hydroxylation is 5. The number of ketones is 4. The van der Waals surface area contributed by atoms with Crippen molar-refractivity contribution in [1.82, 2.24) is 79.0 Å². The van der Waals surface area contributed by atoms with E-state index in [-0.39, 0.29) is 34.3 Å². The van der Waals surface area contributed by atoms with Crippen LogP contribution in [-0.2, 0) is 110 Å². The summed E-state index contributed by atoms with van der Waals surface area (Å²) in [5, 5.41) is 10.7. The number of Topliss-reactive ketones (excluding diaryl/α,β-unsaturated/α-hetero) is 4. The van der Waals surface area contributed by atoms with Gasteiger partial charge in [-0.3, -0.25) is 28.5 Å². The first-order valence-corrected chi connectivity index (χ1v) is 54.6. The molecule has 4 aliphatic heterocycles. The van der Waals surface area contributed by atoms with Crippen LogP contribution in [0.15, 0.2) is 47.4 Å². The number of oxazole rings is 1. The highest BCUT2D eigenvalue weighted by Gasteiger charge is 2.36. The Hall–Kier alpha value is -8.41. The maximum Gasteiger partial charge on any atom is 0.422 e. The SMILES string of the molecule is CC(Oc1nc2c(s1)CCN(CCC1CCC(CC(=O)Cc3ccc4nn(C)cc4c3)CC1)CC2)C(F)F.Cc1nc(CC(=O)CC2CCC(CCN3CCc4nc(OCC(F)(F)F)sc4CC3)CC2)n(C)n1.Cc1ncc(CC(=O)CC2CCC(CCN3CCc4nc(OCC(F)(F)F)sc4CC3)CC2)cn1.Cc1ncc(CC(=O)CC2CCC(CCN3CCc4nc(OCCC(F)(F)F)sc4CC3)CC2)o1. The van der Waals surface area contributed by atoms with Crippen LogP contribution in [-0.4, -0.2) is 232 Å². The number of nitrogens with zero attached hydrogens (tertiary/aromatic N) is 16. The van der Waals surface area contributed by atoms with Crippen LogP contribution in [0.2, 0.25) is 0 Å². The molecule has 786 valence electrons. The maximum atomic E-state index is 12.8. The van der Waals surface area contributed by atoms with Crippen LogP contribution in [0.5, 0.6) is 20.8 Å². The molecule has 12 heterocycles. The van der Waals surface area contributed by atoms with Gasteiger partial charge in [-0.05, 0) is 220 Å². The Kier molecular flexibility index (Phi) is 40.8. The summed E-state index contributed by atoms with van der Waals surface area (Å²) in [6.07, 6.45) is 23.6. The van der Waals surface area contributed by atoms with Crippen LogP contribution in [0, 0.1) is 68.1 Å². The van der Waals surface area contributed by atoms with Crippen molar-refractivity contribution in [3.63, 3.8) is 0 Å². The van der Waals surface area contributed by atoms with Crippen molar-refractivity contribution in [3.8, 4) is 20.8 Å². The highest BCUT2D eigenvalue weighted by Crippen LogP contribution is 2.42. The summed E-state index contributed by atoms with van der Waals surface area (Å²) in [5.41, 5.74) is 6.70. The number of benzene rings is 1. The van der Waals surface area contributed by atoms with E-state index in [1.807, 2.05) is 51.0 Å². The lowest BCUT2D eigenvalue weighted by atomic mass is 9.78. The standard InChI is InChI=1S/C29H38F2N4O2S.C25H33F3N4O2S.C25H34F3N3O3S.C24H34F3N5O2S/c1-19(28(30)31)37-29-32-26-10-13-35(14-11-27(26)38-29)12-9-20-3-5-21(6-4-20)16-24(36)17-22-7-8-25-23(15-22)18-34(2)33-25;1-17-29-14-20(15-30-17)13-21(33)12-19-4-2-18(3-5-19)6-9-32-10-7-22-23(8-11-32)35-24(31-22)34-16-25(26,27)28;1-17-29-16-21(34-17)15-20(32)14-19-4-2-18(3-5-19)6-10-31-11-7-22-23(8-12-31)35-24(30-22)33-13-9-25(26,27)28;1-16-28-22(31(2)30-16)14-19(33)13-18-5-3-17(4-6-18)7-10-32-11-8-20-21(9-12-32)35-23(29-20)34-15-24(25,26)27/h7-8,15,18-21,28H,3-6,9-14,16-17H2,1-2H3;14-15,18-19H,2-13,16H2,1H3;16,18-19H,2-15H2,1H3;17-18H,3-15H2,1-2H3. The Morgan fingerprint density at radius 3 is 1.17 bits per heavy atom. The van der Waals surface area contributed by atoms with E-state index in [9.17, 15) is 67.5 Å². The number of carbonyl (C=O) groups excluding carboxylic acids is 4. The van der Waals surface area contributed by atoms with E-state index in [2.05, 4.69) is 75.7 Å². The van der Waals surface area contributed by atoms with E-state index in [1.165, 1.54) is 121 Å². The first kappa shape index (κ1) is 110. The molecule has 0 radical (unpaired) electrons. The molecule has 143 heavy (non-hydrogen) atoms. The minimum atomic E-state index is -4.34. The average Bonchev–Trinajstić information content (AvgIpc) is 1.70. The fourth-order valence-corrected chi connectivity index (χ4v) is 25.1. The summed E-state index contributed by atoms with van der Waals surface area (Å²) >= 11 is 5.31. The van der Waals surface area contributed by atoms with Gasteiger partial charge in [0.2, 0.25) is 0 Å². The van der Waals surface area contributed by atoms with E-state index in [1.54, 1.807) is 30.2 Å². The third kappa shape index (κ3) is 36.8. The Morgan fingerprint density at radius 2 is 0.797 bits per heavy atom. The van der Waals surface area contributed by atoms with Crippen LogP contribution in [0.4, 0.5) is 48.3 Å². The normalized spacial score (nSPS) is 21.4. The minimum absolute atomic E-state index is 0.128. The second kappa shape index (κ2) is 53.0. The number of thiazole rings is 4. The zero-order chi connectivity index (χ0) is 101. The molecule has 9 aromatic rings. The fraction of sp³-hybridized carbons (Fsp3) is 0.689. The van der Waals surface area contributed by atoms with Gasteiger partial charge in [0.1, 0.15) is 46.4 Å². The smallest absolute Gasteiger partial charge is 0.422 e. The van der Waals surface area contributed by atoms with Gasteiger partial charge in [0, 0.05) is 181 Å². The van der Waals surface area contributed by atoms with Crippen LogP contribution in [0.25, 0.3) is 10.9 Å². The summed E-state index contributed by atoms with van der Waals surface area (Å²) in [7, 11) is 3.75. The number of hydrogen-bond acceptors (Lipinski definition) is 27. The monoisotopic (exact) mass is 2080 g/mol. The molecule has 0 bridgehead atoms. The first-order valence-electron chi connectivity index (χ1n) is 51.3. The number of hydrogen-bond donors (Lipinski definition) is 0. The molecular formula is C103H139F11N16O9S4. The molecule has 4 saturated carbocycles. The largest absolute Gasteiger partial charge is 0.470 e. The summed E-state index contributed by atoms with van der Waals surface area (Å²) in [6, 6.07) is 6.13. The molecule has 1 aromatic carbocycles. The second-order valence-electron chi connectivity index (χ2n) is 40.7. The van der Waals surface area contributed by atoms with Crippen LogP contribution < -0.4 is 18.9 Å². The van der Waals surface area contributed by atoms with Crippen molar-refractivity contribution < 1.29 is 90.8 Å². The highest BCUT2D eigenvalue weighted by molar-refractivity contribution is 7.14. The van der Waals surface area contributed by atoms with E-state index < -0.39 is 50.7 Å². The second-order valence-corrected chi connectivity index (χ2v) is 44.9. The lowest BCUT2D eigenvalue weighted by Crippen LogP contribution is -2.30. The zero-order valence-corrected chi connectivity index (χ0v) is 86.5. The molecule has 8 aromatic heterocycles. The van der Waals surface area contributed by atoms with Crippen LogP contribution in [0.3, 0.4) is 0 Å². The Labute approximate surface area is 846 Å². The van der Waals surface area contributed by atoms with E-state index >= 15 is 0 Å². The third-order valence-corrected chi connectivity index (χ3v) is 33.6. The lowest BCUT2D eigenvalue weighted by Gasteiger charge is -2.30. The first-order chi connectivity index (χ1) is 68.4. The summed E-state index contributed by atoms with van der Waals surface area (Å²) in [4.78, 5) is 98.7. The van der Waals surface area contributed by atoms with Gasteiger partial charge in [-0.25, -0.2) is 48.7 Å². The molecule has 4 fully saturated rings. The number of alkyl halides is 11.